The number of nitrogens with zero attached hydrogens (tertiary/aromatic N) is 1. The highest BCUT2D eigenvalue weighted by Crippen LogP contribution is 2.65. The van der Waals surface area contributed by atoms with E-state index in [1.165, 1.54) is 100 Å². The Labute approximate surface area is 347 Å². The van der Waals surface area contributed by atoms with Gasteiger partial charge in [0, 0.05) is 22.4 Å². The van der Waals surface area contributed by atoms with Crippen LogP contribution in [0.15, 0.2) is 206 Å². The van der Waals surface area contributed by atoms with Crippen molar-refractivity contribution in [3.8, 4) is 44.5 Å². The zero-order valence-electron chi connectivity index (χ0n) is 33.4. The van der Waals surface area contributed by atoms with Crippen LogP contribution in [0.25, 0.3) is 50.1 Å². The van der Waals surface area contributed by atoms with Gasteiger partial charge < -0.3 is 4.90 Å². The molecular formula is C58H43N. The number of benzene rings is 8. The first-order chi connectivity index (χ1) is 29.0. The normalized spacial score (nSPS) is 17.3. The summed E-state index contributed by atoms with van der Waals surface area (Å²) in [5, 5.41) is 0. The van der Waals surface area contributed by atoms with E-state index in [2.05, 4.69) is 219 Å². The zero-order chi connectivity index (χ0) is 39.3. The van der Waals surface area contributed by atoms with Crippen LogP contribution in [0.4, 0.5) is 17.1 Å². The van der Waals surface area contributed by atoms with E-state index < -0.39 is 0 Å². The monoisotopic (exact) mass is 753 g/mol. The summed E-state index contributed by atoms with van der Waals surface area (Å²) in [6, 6.07) is 70.4. The SMILES string of the molecule is CC1(C)c2ccccc2-c2ccc(N(c3ccc(-c4ccc(-c5ccccc5)cc4)cc3)c3cccc4c3-c3ccccc3C43C4=C(CCC=C4)c4ccccc43)cc21. The molecule has 1 atom stereocenters. The predicted molar refractivity (Wildman–Crippen MR) is 247 cm³/mol. The molecule has 4 aliphatic rings. The van der Waals surface area contributed by atoms with E-state index in [0.717, 1.165) is 18.5 Å². The Balaban J connectivity index is 1.06. The minimum absolute atomic E-state index is 0.123. The van der Waals surface area contributed by atoms with E-state index in [-0.39, 0.29) is 10.8 Å². The first-order valence-corrected chi connectivity index (χ1v) is 21.1. The van der Waals surface area contributed by atoms with E-state index in [0.29, 0.717) is 0 Å². The van der Waals surface area contributed by atoms with Gasteiger partial charge >= 0.3 is 0 Å². The molecule has 0 fully saturated rings. The average Bonchev–Trinajstić information content (AvgIpc) is 3.86. The van der Waals surface area contributed by atoms with Crippen LogP contribution in [-0.4, -0.2) is 0 Å². The molecule has 1 heteroatoms. The largest absolute Gasteiger partial charge is 0.310 e. The van der Waals surface area contributed by atoms with Crippen LogP contribution in [0.2, 0.25) is 0 Å². The van der Waals surface area contributed by atoms with Crippen molar-refractivity contribution in [2.75, 3.05) is 4.90 Å². The number of hydrogen-bond acceptors (Lipinski definition) is 1. The molecule has 0 aliphatic heterocycles. The average molecular weight is 754 g/mol. The summed E-state index contributed by atoms with van der Waals surface area (Å²) in [4.78, 5) is 2.53. The van der Waals surface area contributed by atoms with Crippen LogP contribution < -0.4 is 4.90 Å². The standard InChI is InChI=1S/C58H43N/c1-57(2)49-21-10-6-17-44(49)47-36-35-43(37-54(47)57)59(42-33-31-41(32-34-42)40-29-27-39(28-30-40)38-15-4-3-5-16-38)55-26-14-25-53-56(55)48-20-9-13-24-52(48)58(53)50-22-11-7-18-45(50)46-19-8-12-23-51(46)58/h3-7,9-18,20-37H,8,19H2,1-2H3. The third-order valence-electron chi connectivity index (χ3n) is 13.8. The fourth-order valence-electron chi connectivity index (χ4n) is 11.1. The molecule has 0 aromatic heterocycles. The Hall–Kier alpha value is -6.96. The molecule has 0 radical (unpaired) electrons. The molecule has 1 nitrogen and oxygen atoms in total. The predicted octanol–water partition coefficient (Wildman–Crippen LogP) is 15.2. The van der Waals surface area contributed by atoms with Gasteiger partial charge in [0.1, 0.15) is 0 Å². The second-order valence-electron chi connectivity index (χ2n) is 17.1. The lowest BCUT2D eigenvalue weighted by Gasteiger charge is -2.33. The molecule has 59 heavy (non-hydrogen) atoms. The second kappa shape index (κ2) is 12.8. The highest BCUT2D eigenvalue weighted by molar-refractivity contribution is 6.02. The first kappa shape index (κ1) is 34.1. The molecule has 1 unspecified atom stereocenters. The number of anilines is 3. The van der Waals surface area contributed by atoms with Gasteiger partial charge in [-0.1, -0.05) is 184 Å². The molecule has 0 amide bonds. The molecule has 4 aliphatic carbocycles. The summed E-state index contributed by atoms with van der Waals surface area (Å²) in [6.07, 6.45) is 6.99. The summed E-state index contributed by atoms with van der Waals surface area (Å²) in [5.41, 5.74) is 24.5. The maximum atomic E-state index is 2.53. The van der Waals surface area contributed by atoms with Crippen molar-refractivity contribution >= 4 is 22.6 Å². The Bertz CT molecular complexity index is 3050. The van der Waals surface area contributed by atoms with Crippen molar-refractivity contribution in [2.24, 2.45) is 0 Å². The minimum Gasteiger partial charge on any atom is -0.310 e. The molecule has 12 rings (SSSR count). The van der Waals surface area contributed by atoms with Crippen molar-refractivity contribution in [3.63, 3.8) is 0 Å². The Kier molecular flexibility index (Phi) is 7.38. The van der Waals surface area contributed by atoms with E-state index >= 15 is 0 Å². The lowest BCUT2D eigenvalue weighted by Crippen LogP contribution is -2.27. The van der Waals surface area contributed by atoms with Gasteiger partial charge in [0.05, 0.1) is 11.1 Å². The lowest BCUT2D eigenvalue weighted by atomic mass is 9.69. The van der Waals surface area contributed by atoms with Gasteiger partial charge in [-0.2, -0.15) is 0 Å². The van der Waals surface area contributed by atoms with E-state index in [9.17, 15) is 0 Å². The summed E-state index contributed by atoms with van der Waals surface area (Å²) >= 11 is 0. The van der Waals surface area contributed by atoms with Gasteiger partial charge in [-0.15, -0.1) is 0 Å². The van der Waals surface area contributed by atoms with Crippen LogP contribution >= 0.6 is 0 Å². The van der Waals surface area contributed by atoms with E-state index in [1.807, 2.05) is 0 Å². The number of rotatable bonds is 5. The zero-order valence-corrected chi connectivity index (χ0v) is 33.4. The van der Waals surface area contributed by atoms with Gasteiger partial charge in [-0.25, -0.2) is 0 Å². The fourth-order valence-corrected chi connectivity index (χ4v) is 11.1. The molecule has 0 N–H and O–H groups in total. The molecule has 0 saturated heterocycles. The maximum absolute atomic E-state index is 2.53. The Morgan fingerprint density at radius 1 is 0.424 bits per heavy atom. The van der Waals surface area contributed by atoms with Crippen LogP contribution in [0.5, 0.6) is 0 Å². The first-order valence-electron chi connectivity index (χ1n) is 21.1. The van der Waals surface area contributed by atoms with Crippen LogP contribution in [0.3, 0.4) is 0 Å². The fraction of sp³-hybridized carbons (Fsp3) is 0.103. The van der Waals surface area contributed by atoms with Crippen LogP contribution in [0.1, 0.15) is 60.1 Å². The molecule has 8 aromatic rings. The second-order valence-corrected chi connectivity index (χ2v) is 17.1. The van der Waals surface area contributed by atoms with Crippen molar-refractivity contribution in [1.82, 2.24) is 0 Å². The topological polar surface area (TPSA) is 3.24 Å². The minimum atomic E-state index is -0.367. The third kappa shape index (κ3) is 4.79. The third-order valence-corrected chi connectivity index (χ3v) is 13.8. The Morgan fingerprint density at radius 2 is 0.966 bits per heavy atom. The van der Waals surface area contributed by atoms with Crippen LogP contribution in [0, 0.1) is 0 Å². The molecule has 0 saturated carbocycles. The number of fused-ring (bicyclic) bond motifs is 12. The van der Waals surface area contributed by atoms with Gasteiger partial charge in [0.15, 0.2) is 0 Å². The van der Waals surface area contributed by atoms with Crippen LogP contribution in [-0.2, 0) is 10.8 Å². The van der Waals surface area contributed by atoms with Crippen molar-refractivity contribution in [3.05, 3.63) is 239 Å². The summed E-state index contributed by atoms with van der Waals surface area (Å²) in [5.74, 6) is 0. The highest BCUT2D eigenvalue weighted by atomic mass is 15.1. The molecule has 1 spiro atoms. The van der Waals surface area contributed by atoms with Crippen molar-refractivity contribution < 1.29 is 0 Å². The van der Waals surface area contributed by atoms with Crippen molar-refractivity contribution in [1.29, 1.82) is 0 Å². The summed E-state index contributed by atoms with van der Waals surface area (Å²) in [6.45, 7) is 4.76. The summed E-state index contributed by atoms with van der Waals surface area (Å²) in [7, 11) is 0. The molecule has 280 valence electrons. The smallest absolute Gasteiger partial charge is 0.0722 e. The van der Waals surface area contributed by atoms with Gasteiger partial charge in [-0.3, -0.25) is 0 Å². The van der Waals surface area contributed by atoms with Gasteiger partial charge in [-0.05, 0) is 127 Å². The molecule has 0 bridgehead atoms. The molecule has 8 aromatic carbocycles. The lowest BCUT2D eigenvalue weighted by molar-refractivity contribution is 0.660. The number of hydrogen-bond donors (Lipinski definition) is 0. The van der Waals surface area contributed by atoms with E-state index in [4.69, 9.17) is 0 Å². The molecule has 0 heterocycles. The molecular weight excluding hydrogens is 711 g/mol. The Morgan fingerprint density at radius 3 is 1.69 bits per heavy atom. The van der Waals surface area contributed by atoms with Gasteiger partial charge in [0.25, 0.3) is 0 Å². The maximum Gasteiger partial charge on any atom is 0.0722 e. The highest BCUT2D eigenvalue weighted by Gasteiger charge is 2.53. The quantitative estimate of drug-likeness (QED) is 0.169. The van der Waals surface area contributed by atoms with E-state index in [1.54, 1.807) is 0 Å². The van der Waals surface area contributed by atoms with Gasteiger partial charge in [0.2, 0.25) is 0 Å². The number of allylic oxidation sites excluding steroid dienone is 4. The summed E-state index contributed by atoms with van der Waals surface area (Å²) < 4.78 is 0. The van der Waals surface area contributed by atoms with Crippen molar-refractivity contribution in [2.45, 2.75) is 37.5 Å².